The van der Waals surface area contributed by atoms with E-state index < -0.39 is 5.97 Å². The van der Waals surface area contributed by atoms with Crippen LogP contribution in [0.25, 0.3) is 11.1 Å². The molecule has 4 heteroatoms. The van der Waals surface area contributed by atoms with Crippen molar-refractivity contribution in [3.63, 3.8) is 0 Å². The summed E-state index contributed by atoms with van der Waals surface area (Å²) < 4.78 is 18.8. The Kier molecular flexibility index (Phi) is 3.90. The van der Waals surface area contributed by atoms with Crippen LogP contribution in [0.3, 0.4) is 0 Å². The molecule has 1 aromatic heterocycles. The van der Waals surface area contributed by atoms with Gasteiger partial charge in [0.05, 0.1) is 12.2 Å². The molecule has 19 heavy (non-hydrogen) atoms. The second kappa shape index (κ2) is 5.61. The van der Waals surface area contributed by atoms with Crippen LogP contribution in [-0.2, 0) is 4.74 Å². The Hall–Kier alpha value is -2.23. The lowest BCUT2D eigenvalue weighted by Gasteiger charge is -2.06. The fourth-order valence-electron chi connectivity index (χ4n) is 1.77. The molecule has 0 spiro atoms. The van der Waals surface area contributed by atoms with E-state index >= 15 is 0 Å². The lowest BCUT2D eigenvalue weighted by molar-refractivity contribution is 0.0526. The van der Waals surface area contributed by atoms with Gasteiger partial charge in [0.2, 0.25) is 0 Å². The van der Waals surface area contributed by atoms with Crippen molar-refractivity contribution in [2.45, 2.75) is 13.8 Å². The number of esters is 1. The largest absolute Gasteiger partial charge is 0.462 e. The zero-order chi connectivity index (χ0) is 13.8. The molecule has 0 bridgehead atoms. The molecule has 98 valence electrons. The minimum Gasteiger partial charge on any atom is -0.462 e. The molecule has 0 aliphatic rings. The van der Waals surface area contributed by atoms with Crippen LogP contribution in [-0.4, -0.2) is 17.6 Å². The van der Waals surface area contributed by atoms with Crippen molar-refractivity contribution in [3.05, 3.63) is 53.6 Å². The molecule has 0 fully saturated rings. The predicted molar refractivity (Wildman–Crippen MR) is 70.3 cm³/mol. The Morgan fingerprint density at radius 1 is 1.32 bits per heavy atom. The van der Waals surface area contributed by atoms with Crippen LogP contribution in [0.1, 0.15) is 22.8 Å². The lowest BCUT2D eigenvalue weighted by atomic mass is 10.0. The number of aromatic nitrogens is 1. The normalized spacial score (nSPS) is 10.3. The van der Waals surface area contributed by atoms with Crippen LogP contribution >= 0.6 is 0 Å². The zero-order valence-corrected chi connectivity index (χ0v) is 10.8. The lowest BCUT2D eigenvalue weighted by Crippen LogP contribution is -2.05. The van der Waals surface area contributed by atoms with Gasteiger partial charge in [0.25, 0.3) is 0 Å². The first-order chi connectivity index (χ1) is 9.11. The molecule has 1 heterocycles. The minimum atomic E-state index is -0.454. The Bertz CT molecular complexity index is 611. The number of carbonyl (C=O) groups excluding carboxylic acids is 1. The molecule has 0 radical (unpaired) electrons. The first-order valence-electron chi connectivity index (χ1n) is 6.00. The molecule has 0 atom stereocenters. The molecule has 0 unspecified atom stereocenters. The van der Waals surface area contributed by atoms with Crippen molar-refractivity contribution < 1.29 is 13.9 Å². The molecule has 0 N–H and O–H groups in total. The number of hydrogen-bond donors (Lipinski definition) is 0. The number of hydrogen-bond acceptors (Lipinski definition) is 3. The van der Waals surface area contributed by atoms with Gasteiger partial charge in [-0.3, -0.25) is 4.98 Å². The summed E-state index contributed by atoms with van der Waals surface area (Å²) in [6.45, 7) is 3.84. The SMILES string of the molecule is CCOC(=O)c1cncc(-c2ccc(C)cc2F)c1. The quantitative estimate of drug-likeness (QED) is 0.793. The maximum absolute atomic E-state index is 13.9. The van der Waals surface area contributed by atoms with Crippen LogP contribution in [0.15, 0.2) is 36.7 Å². The maximum Gasteiger partial charge on any atom is 0.339 e. The number of carbonyl (C=O) groups is 1. The number of nitrogens with zero attached hydrogens (tertiary/aromatic N) is 1. The molecular formula is C15H14FNO2. The van der Waals surface area contributed by atoms with E-state index in [1.165, 1.54) is 18.5 Å². The van der Waals surface area contributed by atoms with Gasteiger partial charge < -0.3 is 4.74 Å². The van der Waals surface area contributed by atoms with Gasteiger partial charge in [-0.05, 0) is 31.5 Å². The van der Waals surface area contributed by atoms with Gasteiger partial charge in [0.1, 0.15) is 5.82 Å². The van der Waals surface area contributed by atoms with Crippen molar-refractivity contribution in [3.8, 4) is 11.1 Å². The fourth-order valence-corrected chi connectivity index (χ4v) is 1.77. The number of aryl methyl sites for hydroxylation is 1. The molecule has 0 aliphatic carbocycles. The van der Waals surface area contributed by atoms with E-state index in [0.29, 0.717) is 23.3 Å². The Balaban J connectivity index is 2.40. The van der Waals surface area contributed by atoms with E-state index in [1.807, 2.05) is 13.0 Å². The summed E-state index contributed by atoms with van der Waals surface area (Å²) >= 11 is 0. The third-order valence-electron chi connectivity index (χ3n) is 2.68. The molecule has 0 saturated carbocycles. The predicted octanol–water partition coefficient (Wildman–Crippen LogP) is 3.37. The topological polar surface area (TPSA) is 39.2 Å². The van der Waals surface area contributed by atoms with Crippen LogP contribution in [0.4, 0.5) is 4.39 Å². The summed E-state index contributed by atoms with van der Waals surface area (Å²) in [7, 11) is 0. The molecule has 1 aromatic carbocycles. The van der Waals surface area contributed by atoms with Crippen molar-refractivity contribution >= 4 is 5.97 Å². The minimum absolute atomic E-state index is 0.294. The number of pyridine rings is 1. The highest BCUT2D eigenvalue weighted by Crippen LogP contribution is 2.23. The van der Waals surface area contributed by atoms with Gasteiger partial charge in [-0.25, -0.2) is 9.18 Å². The molecule has 0 aliphatic heterocycles. The van der Waals surface area contributed by atoms with Crippen LogP contribution in [0, 0.1) is 12.7 Å². The smallest absolute Gasteiger partial charge is 0.339 e. The van der Waals surface area contributed by atoms with Crippen LogP contribution < -0.4 is 0 Å². The zero-order valence-electron chi connectivity index (χ0n) is 10.8. The van der Waals surface area contributed by atoms with Crippen molar-refractivity contribution in [1.29, 1.82) is 0 Å². The van der Waals surface area contributed by atoms with Crippen LogP contribution in [0.5, 0.6) is 0 Å². The average molecular weight is 259 g/mol. The molecule has 3 nitrogen and oxygen atoms in total. The van der Waals surface area contributed by atoms with Gasteiger partial charge in [-0.15, -0.1) is 0 Å². The van der Waals surface area contributed by atoms with E-state index in [2.05, 4.69) is 4.98 Å². The standard InChI is InChI=1S/C15H14FNO2/c1-3-19-15(18)12-7-11(8-17-9-12)13-5-4-10(2)6-14(13)16/h4-9H,3H2,1-2H3. The second-order valence-corrected chi connectivity index (χ2v) is 4.17. The van der Waals surface area contributed by atoms with E-state index in [4.69, 9.17) is 4.74 Å². The first-order valence-corrected chi connectivity index (χ1v) is 6.00. The Labute approximate surface area is 111 Å². The number of benzene rings is 1. The van der Waals surface area contributed by atoms with E-state index in [1.54, 1.807) is 19.1 Å². The third-order valence-corrected chi connectivity index (χ3v) is 2.68. The summed E-state index contributed by atoms with van der Waals surface area (Å²) in [5.74, 6) is -0.785. The Morgan fingerprint density at radius 2 is 2.11 bits per heavy atom. The molecular weight excluding hydrogens is 245 g/mol. The van der Waals surface area contributed by atoms with Gasteiger partial charge in [0, 0.05) is 23.5 Å². The summed E-state index contributed by atoms with van der Waals surface area (Å²) in [4.78, 5) is 15.6. The second-order valence-electron chi connectivity index (χ2n) is 4.17. The van der Waals surface area contributed by atoms with Gasteiger partial charge in [-0.1, -0.05) is 12.1 Å². The summed E-state index contributed by atoms with van der Waals surface area (Å²) in [6.07, 6.45) is 2.93. The highest BCUT2D eigenvalue weighted by Gasteiger charge is 2.11. The van der Waals surface area contributed by atoms with Gasteiger partial charge >= 0.3 is 5.97 Å². The van der Waals surface area contributed by atoms with Gasteiger partial charge in [0.15, 0.2) is 0 Å². The van der Waals surface area contributed by atoms with E-state index in [-0.39, 0.29) is 5.82 Å². The fraction of sp³-hybridized carbons (Fsp3) is 0.200. The highest BCUT2D eigenvalue weighted by molar-refractivity contribution is 5.90. The van der Waals surface area contributed by atoms with E-state index in [9.17, 15) is 9.18 Å². The molecule has 0 saturated heterocycles. The number of halogens is 1. The summed E-state index contributed by atoms with van der Waals surface area (Å²) in [5.41, 5.74) is 2.14. The highest BCUT2D eigenvalue weighted by atomic mass is 19.1. The van der Waals surface area contributed by atoms with E-state index in [0.717, 1.165) is 5.56 Å². The van der Waals surface area contributed by atoms with Crippen molar-refractivity contribution in [2.75, 3.05) is 6.61 Å². The maximum atomic E-state index is 13.9. The summed E-state index contributed by atoms with van der Waals surface area (Å²) in [5, 5.41) is 0. The van der Waals surface area contributed by atoms with Crippen molar-refractivity contribution in [1.82, 2.24) is 4.98 Å². The number of ether oxygens (including phenoxy) is 1. The molecule has 0 amide bonds. The van der Waals surface area contributed by atoms with Crippen LogP contribution in [0.2, 0.25) is 0 Å². The monoisotopic (exact) mass is 259 g/mol. The third kappa shape index (κ3) is 2.96. The Morgan fingerprint density at radius 3 is 2.79 bits per heavy atom. The average Bonchev–Trinajstić information content (AvgIpc) is 2.39. The summed E-state index contributed by atoms with van der Waals surface area (Å²) in [6, 6.07) is 6.52. The molecule has 2 aromatic rings. The number of rotatable bonds is 3. The van der Waals surface area contributed by atoms with Crippen molar-refractivity contribution in [2.24, 2.45) is 0 Å². The first kappa shape index (κ1) is 13.2. The van der Waals surface area contributed by atoms with Gasteiger partial charge in [-0.2, -0.15) is 0 Å². The molecule has 2 rings (SSSR count).